The van der Waals surface area contributed by atoms with E-state index >= 15 is 0 Å². The Morgan fingerprint density at radius 2 is 1.26 bits per heavy atom. The molecule has 0 saturated heterocycles. The second kappa shape index (κ2) is 7.27. The van der Waals surface area contributed by atoms with Crippen LogP contribution in [0.25, 0.3) is 0 Å². The van der Waals surface area contributed by atoms with Gasteiger partial charge in [-0.3, -0.25) is 0 Å². The van der Waals surface area contributed by atoms with Crippen molar-refractivity contribution in [3.8, 4) is 11.5 Å². The normalized spacial score (nSPS) is 10.1. The quantitative estimate of drug-likeness (QED) is 0.633. The third-order valence-electron chi connectivity index (χ3n) is 3.28. The predicted octanol–water partition coefficient (Wildman–Crippen LogP) is 4.84. The SMILES string of the molecule is O=C(OCc1ccccc1)c1ccc(Oc2ccccc2)cc1. The number of rotatable bonds is 5. The van der Waals surface area contributed by atoms with Crippen LogP contribution in [0.2, 0.25) is 0 Å². The third kappa shape index (κ3) is 4.20. The van der Waals surface area contributed by atoms with Crippen molar-refractivity contribution in [2.75, 3.05) is 0 Å². The van der Waals surface area contributed by atoms with Gasteiger partial charge in [0.1, 0.15) is 18.1 Å². The number of para-hydroxylation sites is 1. The molecule has 0 amide bonds. The molecule has 0 spiro atoms. The first kappa shape index (κ1) is 14.9. The zero-order valence-corrected chi connectivity index (χ0v) is 12.5. The molecule has 3 heteroatoms. The Hall–Kier alpha value is -3.07. The first-order valence-corrected chi connectivity index (χ1v) is 7.35. The molecule has 3 rings (SSSR count). The number of esters is 1. The first-order valence-electron chi connectivity index (χ1n) is 7.35. The van der Waals surface area contributed by atoms with Crippen molar-refractivity contribution in [2.24, 2.45) is 0 Å². The van der Waals surface area contributed by atoms with Crippen molar-refractivity contribution in [2.45, 2.75) is 6.61 Å². The second-order valence-corrected chi connectivity index (χ2v) is 5.00. The molecule has 0 bridgehead atoms. The van der Waals surface area contributed by atoms with Gasteiger partial charge in [-0.2, -0.15) is 0 Å². The van der Waals surface area contributed by atoms with Gasteiger partial charge in [-0.25, -0.2) is 4.79 Å². The number of benzene rings is 3. The fraction of sp³-hybridized carbons (Fsp3) is 0.0500. The molecular formula is C20H16O3. The second-order valence-electron chi connectivity index (χ2n) is 5.00. The summed E-state index contributed by atoms with van der Waals surface area (Å²) < 4.78 is 11.0. The maximum absolute atomic E-state index is 12.0. The molecule has 3 nitrogen and oxygen atoms in total. The van der Waals surface area contributed by atoms with E-state index in [9.17, 15) is 4.79 Å². The number of ether oxygens (including phenoxy) is 2. The van der Waals surface area contributed by atoms with E-state index in [1.54, 1.807) is 24.3 Å². The molecule has 0 atom stereocenters. The third-order valence-corrected chi connectivity index (χ3v) is 3.28. The van der Waals surface area contributed by atoms with Gasteiger partial charge in [-0.1, -0.05) is 48.5 Å². The topological polar surface area (TPSA) is 35.5 Å². The van der Waals surface area contributed by atoms with Crippen molar-refractivity contribution in [1.29, 1.82) is 0 Å². The Morgan fingerprint density at radius 3 is 1.91 bits per heavy atom. The summed E-state index contributed by atoms with van der Waals surface area (Å²) in [6.07, 6.45) is 0. The van der Waals surface area contributed by atoms with Crippen LogP contribution in [-0.2, 0) is 11.3 Å². The molecule has 0 unspecified atom stereocenters. The van der Waals surface area contributed by atoms with Gasteiger partial charge in [0.05, 0.1) is 5.56 Å². The number of hydrogen-bond acceptors (Lipinski definition) is 3. The van der Waals surface area contributed by atoms with Crippen LogP contribution in [0.5, 0.6) is 11.5 Å². The smallest absolute Gasteiger partial charge is 0.338 e. The van der Waals surface area contributed by atoms with Gasteiger partial charge < -0.3 is 9.47 Å². The molecule has 3 aromatic rings. The van der Waals surface area contributed by atoms with Crippen LogP contribution in [0.3, 0.4) is 0 Å². The van der Waals surface area contributed by atoms with E-state index in [0.29, 0.717) is 11.3 Å². The molecule has 0 N–H and O–H groups in total. The van der Waals surface area contributed by atoms with E-state index in [1.165, 1.54) is 0 Å². The van der Waals surface area contributed by atoms with Crippen LogP contribution in [-0.4, -0.2) is 5.97 Å². The Kier molecular flexibility index (Phi) is 4.69. The Balaban J connectivity index is 1.59. The molecule has 0 saturated carbocycles. The minimum Gasteiger partial charge on any atom is -0.457 e. The molecule has 0 aliphatic rings. The largest absolute Gasteiger partial charge is 0.457 e. The summed E-state index contributed by atoms with van der Waals surface area (Å²) >= 11 is 0. The van der Waals surface area contributed by atoms with E-state index in [2.05, 4.69) is 0 Å². The first-order chi connectivity index (χ1) is 11.3. The van der Waals surface area contributed by atoms with E-state index in [-0.39, 0.29) is 12.6 Å². The van der Waals surface area contributed by atoms with Crippen LogP contribution in [0.4, 0.5) is 0 Å². The van der Waals surface area contributed by atoms with Crippen molar-refractivity contribution in [3.63, 3.8) is 0 Å². The minimum atomic E-state index is -0.347. The van der Waals surface area contributed by atoms with Crippen molar-refractivity contribution in [1.82, 2.24) is 0 Å². The van der Waals surface area contributed by atoms with Gasteiger partial charge in [0.25, 0.3) is 0 Å². The van der Waals surface area contributed by atoms with Crippen LogP contribution >= 0.6 is 0 Å². The summed E-state index contributed by atoms with van der Waals surface area (Å²) in [5.41, 5.74) is 1.46. The summed E-state index contributed by atoms with van der Waals surface area (Å²) in [5, 5.41) is 0. The maximum Gasteiger partial charge on any atom is 0.338 e. The molecular weight excluding hydrogens is 288 g/mol. The monoisotopic (exact) mass is 304 g/mol. The van der Waals surface area contributed by atoms with Crippen molar-refractivity contribution < 1.29 is 14.3 Å². The Bertz CT molecular complexity index is 750. The number of carbonyl (C=O) groups is 1. The summed E-state index contributed by atoms with van der Waals surface area (Å²) in [4.78, 5) is 12.0. The molecule has 0 aliphatic heterocycles. The van der Waals surface area contributed by atoms with Gasteiger partial charge >= 0.3 is 5.97 Å². The van der Waals surface area contributed by atoms with Crippen LogP contribution in [0.1, 0.15) is 15.9 Å². The predicted molar refractivity (Wildman–Crippen MR) is 88.5 cm³/mol. The average molecular weight is 304 g/mol. The van der Waals surface area contributed by atoms with Crippen molar-refractivity contribution >= 4 is 5.97 Å². The highest BCUT2D eigenvalue weighted by Crippen LogP contribution is 2.21. The van der Waals surface area contributed by atoms with Crippen LogP contribution < -0.4 is 4.74 Å². The van der Waals surface area contributed by atoms with Gasteiger partial charge in [0.15, 0.2) is 0 Å². The minimum absolute atomic E-state index is 0.266. The fourth-order valence-electron chi connectivity index (χ4n) is 2.09. The lowest BCUT2D eigenvalue weighted by atomic mass is 10.2. The van der Waals surface area contributed by atoms with E-state index in [4.69, 9.17) is 9.47 Å². The summed E-state index contributed by atoms with van der Waals surface area (Å²) in [6.45, 7) is 0.266. The lowest BCUT2D eigenvalue weighted by molar-refractivity contribution is 0.0472. The van der Waals surface area contributed by atoms with Gasteiger partial charge in [0.2, 0.25) is 0 Å². The molecule has 0 aliphatic carbocycles. The van der Waals surface area contributed by atoms with Crippen LogP contribution in [0, 0.1) is 0 Å². The zero-order valence-electron chi connectivity index (χ0n) is 12.5. The van der Waals surface area contributed by atoms with Gasteiger partial charge in [0, 0.05) is 0 Å². The lowest BCUT2D eigenvalue weighted by Gasteiger charge is -2.07. The standard InChI is InChI=1S/C20H16O3/c21-20(22-15-16-7-3-1-4-8-16)17-11-13-19(14-12-17)23-18-9-5-2-6-10-18/h1-14H,15H2. The van der Waals surface area contributed by atoms with E-state index in [1.807, 2.05) is 60.7 Å². The number of carbonyl (C=O) groups excluding carboxylic acids is 1. The molecule has 23 heavy (non-hydrogen) atoms. The molecule has 0 fully saturated rings. The van der Waals surface area contributed by atoms with Crippen molar-refractivity contribution in [3.05, 3.63) is 96.1 Å². The van der Waals surface area contributed by atoms with E-state index in [0.717, 1.165) is 11.3 Å². The Morgan fingerprint density at radius 1 is 0.696 bits per heavy atom. The zero-order chi connectivity index (χ0) is 15.9. The van der Waals surface area contributed by atoms with E-state index < -0.39 is 0 Å². The highest BCUT2D eigenvalue weighted by Gasteiger charge is 2.07. The highest BCUT2D eigenvalue weighted by atomic mass is 16.5. The van der Waals surface area contributed by atoms with Crippen LogP contribution in [0.15, 0.2) is 84.9 Å². The summed E-state index contributed by atoms with van der Waals surface area (Å²) in [5.74, 6) is 1.09. The molecule has 114 valence electrons. The van der Waals surface area contributed by atoms with Gasteiger partial charge in [-0.15, -0.1) is 0 Å². The lowest BCUT2D eigenvalue weighted by Crippen LogP contribution is -2.05. The molecule has 0 radical (unpaired) electrons. The molecule has 3 aromatic carbocycles. The molecule has 0 heterocycles. The highest BCUT2D eigenvalue weighted by molar-refractivity contribution is 5.89. The summed E-state index contributed by atoms with van der Waals surface area (Å²) in [7, 11) is 0. The average Bonchev–Trinajstić information content (AvgIpc) is 2.62. The fourth-order valence-corrected chi connectivity index (χ4v) is 2.09. The molecule has 0 aromatic heterocycles. The van der Waals surface area contributed by atoms with Gasteiger partial charge in [-0.05, 0) is 42.0 Å². The maximum atomic E-state index is 12.0. The number of hydrogen-bond donors (Lipinski definition) is 0. The summed E-state index contributed by atoms with van der Waals surface area (Å²) in [6, 6.07) is 26.0. The Labute approximate surface area is 135 Å².